The lowest BCUT2D eigenvalue weighted by molar-refractivity contribution is -0.138. The monoisotopic (exact) mass is 212 g/mol. The smallest absolute Gasteiger partial charge is 0.232 e. The summed E-state index contributed by atoms with van der Waals surface area (Å²) in [6.45, 7) is 4.91. The molecule has 1 saturated heterocycles. The van der Waals surface area contributed by atoms with Gasteiger partial charge in [-0.15, -0.1) is 0 Å². The summed E-state index contributed by atoms with van der Waals surface area (Å²) in [5.74, 6) is -0.404. The Balaban J connectivity index is 2.81. The highest BCUT2D eigenvalue weighted by atomic mass is 16.2. The van der Waals surface area contributed by atoms with E-state index in [1.807, 2.05) is 13.8 Å². The maximum atomic E-state index is 11.6. The van der Waals surface area contributed by atoms with Gasteiger partial charge in [0.15, 0.2) is 0 Å². The van der Waals surface area contributed by atoms with Gasteiger partial charge in [-0.25, -0.2) is 0 Å². The number of carbonyl (C=O) groups is 3. The van der Waals surface area contributed by atoms with Gasteiger partial charge in [-0.2, -0.15) is 0 Å². The number of carbonyl (C=O) groups excluding carboxylic acids is 3. The van der Waals surface area contributed by atoms with Gasteiger partial charge in [0.05, 0.1) is 6.54 Å². The summed E-state index contributed by atoms with van der Waals surface area (Å²) in [6.07, 6.45) is 0.576. The van der Waals surface area contributed by atoms with Gasteiger partial charge in [-0.05, 0) is 13.8 Å². The molecular weight excluding hydrogens is 196 g/mol. The fourth-order valence-electron chi connectivity index (χ4n) is 1.78. The Bertz CT molecular complexity index is 278. The van der Waals surface area contributed by atoms with Crippen molar-refractivity contribution in [1.82, 2.24) is 9.80 Å². The second-order valence-corrected chi connectivity index (χ2v) is 3.67. The topological polar surface area (TPSA) is 57.7 Å². The summed E-state index contributed by atoms with van der Waals surface area (Å²) in [7, 11) is 0. The summed E-state index contributed by atoms with van der Waals surface area (Å²) in [5.41, 5.74) is 0. The number of aldehydes is 1. The van der Waals surface area contributed by atoms with Crippen molar-refractivity contribution in [3.8, 4) is 0 Å². The quantitative estimate of drug-likeness (QED) is 0.475. The molecule has 5 nitrogen and oxygen atoms in total. The molecule has 1 unspecified atom stereocenters. The second-order valence-electron chi connectivity index (χ2n) is 3.67. The molecule has 0 aromatic heterocycles. The molecule has 0 aliphatic carbocycles. The molecule has 1 atom stereocenters. The van der Waals surface area contributed by atoms with Crippen molar-refractivity contribution in [2.45, 2.75) is 26.3 Å². The van der Waals surface area contributed by atoms with Crippen molar-refractivity contribution in [3.63, 3.8) is 0 Å². The first-order valence-corrected chi connectivity index (χ1v) is 5.11. The van der Waals surface area contributed by atoms with Gasteiger partial charge in [0.25, 0.3) is 0 Å². The van der Waals surface area contributed by atoms with Crippen molar-refractivity contribution in [2.24, 2.45) is 0 Å². The third-order valence-electron chi connectivity index (χ3n) is 2.65. The molecule has 15 heavy (non-hydrogen) atoms. The van der Waals surface area contributed by atoms with E-state index in [1.165, 1.54) is 4.90 Å². The highest BCUT2D eigenvalue weighted by Crippen LogP contribution is 2.11. The molecule has 0 aromatic carbocycles. The van der Waals surface area contributed by atoms with Gasteiger partial charge in [0.2, 0.25) is 11.8 Å². The first-order valence-electron chi connectivity index (χ1n) is 5.11. The number of amides is 2. The number of hydrogen-bond donors (Lipinski definition) is 0. The number of rotatable bonds is 3. The Morgan fingerprint density at radius 2 is 2.07 bits per heavy atom. The zero-order chi connectivity index (χ0) is 11.4. The molecule has 0 saturated carbocycles. The summed E-state index contributed by atoms with van der Waals surface area (Å²) < 4.78 is 0. The minimum absolute atomic E-state index is 0.0742. The lowest BCUT2D eigenvalue weighted by Crippen LogP contribution is -2.42. The van der Waals surface area contributed by atoms with Crippen molar-refractivity contribution in [2.75, 3.05) is 19.6 Å². The van der Waals surface area contributed by atoms with E-state index in [2.05, 4.69) is 0 Å². The van der Waals surface area contributed by atoms with Crippen molar-refractivity contribution in [3.05, 3.63) is 0 Å². The van der Waals surface area contributed by atoms with Gasteiger partial charge in [0.1, 0.15) is 12.7 Å². The van der Waals surface area contributed by atoms with Crippen LogP contribution in [-0.4, -0.2) is 53.6 Å². The van der Waals surface area contributed by atoms with Gasteiger partial charge in [-0.3, -0.25) is 9.59 Å². The van der Waals surface area contributed by atoms with E-state index >= 15 is 0 Å². The molecule has 0 bridgehead atoms. The predicted molar refractivity (Wildman–Crippen MR) is 54.1 cm³/mol. The largest absolute Gasteiger partial charge is 0.340 e. The Morgan fingerprint density at radius 3 is 2.60 bits per heavy atom. The summed E-state index contributed by atoms with van der Waals surface area (Å²) in [5, 5.41) is 0. The minimum Gasteiger partial charge on any atom is -0.340 e. The van der Waals surface area contributed by atoms with Crippen LogP contribution in [0.4, 0.5) is 0 Å². The molecule has 1 fully saturated rings. The fourth-order valence-corrected chi connectivity index (χ4v) is 1.78. The third-order valence-corrected chi connectivity index (χ3v) is 2.65. The number of nitrogens with zero attached hydrogens (tertiary/aromatic N) is 2. The molecule has 5 heteroatoms. The highest BCUT2D eigenvalue weighted by molar-refractivity contribution is 5.98. The molecule has 1 aliphatic rings. The summed E-state index contributed by atoms with van der Waals surface area (Å²) in [4.78, 5) is 36.7. The zero-order valence-corrected chi connectivity index (χ0v) is 9.10. The van der Waals surface area contributed by atoms with Crippen molar-refractivity contribution < 1.29 is 14.4 Å². The van der Waals surface area contributed by atoms with Gasteiger partial charge in [0, 0.05) is 19.1 Å². The van der Waals surface area contributed by atoms with Crippen LogP contribution < -0.4 is 0 Å². The molecule has 1 heterocycles. The Labute approximate surface area is 89.0 Å². The molecular formula is C10H16N2O3. The average molecular weight is 212 g/mol. The molecule has 2 amide bonds. The van der Waals surface area contributed by atoms with E-state index in [9.17, 15) is 14.4 Å². The average Bonchev–Trinajstić information content (AvgIpc) is 2.29. The van der Waals surface area contributed by atoms with Crippen LogP contribution in [0.3, 0.4) is 0 Å². The van der Waals surface area contributed by atoms with E-state index in [-0.39, 0.29) is 30.8 Å². The van der Waals surface area contributed by atoms with E-state index in [0.29, 0.717) is 19.4 Å². The third kappa shape index (κ3) is 2.55. The van der Waals surface area contributed by atoms with Crippen LogP contribution in [0.2, 0.25) is 0 Å². The molecule has 0 radical (unpaired) electrons. The summed E-state index contributed by atoms with van der Waals surface area (Å²) >= 11 is 0. The molecule has 0 aromatic rings. The Morgan fingerprint density at radius 1 is 1.40 bits per heavy atom. The normalized spacial score (nSPS) is 22.9. The predicted octanol–water partition coefficient (Wildman–Crippen LogP) is -0.345. The van der Waals surface area contributed by atoms with Crippen molar-refractivity contribution in [1.29, 1.82) is 0 Å². The first kappa shape index (κ1) is 11.7. The molecule has 0 N–H and O–H groups in total. The molecule has 1 rings (SSSR count). The van der Waals surface area contributed by atoms with Gasteiger partial charge >= 0.3 is 0 Å². The van der Waals surface area contributed by atoms with Crippen LogP contribution in [0.15, 0.2) is 0 Å². The lowest BCUT2D eigenvalue weighted by atomic mass is 10.2. The maximum Gasteiger partial charge on any atom is 0.232 e. The second kappa shape index (κ2) is 4.91. The van der Waals surface area contributed by atoms with E-state index < -0.39 is 0 Å². The molecule has 1 aliphatic heterocycles. The first-order chi connectivity index (χ1) is 7.10. The maximum absolute atomic E-state index is 11.6. The standard InChI is InChI=1S/C10H16N2O3/c1-3-11-7-8(2)12(4-5-13)10(15)6-9(11)14/h5,8H,3-4,6-7H2,1-2H3. The van der Waals surface area contributed by atoms with E-state index in [4.69, 9.17) is 0 Å². The highest BCUT2D eigenvalue weighted by Gasteiger charge is 2.30. The zero-order valence-electron chi connectivity index (χ0n) is 9.10. The van der Waals surface area contributed by atoms with Crippen LogP contribution >= 0.6 is 0 Å². The van der Waals surface area contributed by atoms with Crippen LogP contribution in [-0.2, 0) is 14.4 Å². The van der Waals surface area contributed by atoms with E-state index in [1.54, 1.807) is 4.90 Å². The minimum atomic E-state index is -0.254. The van der Waals surface area contributed by atoms with Crippen LogP contribution in [0.5, 0.6) is 0 Å². The Kier molecular flexibility index (Phi) is 3.82. The molecule has 0 spiro atoms. The van der Waals surface area contributed by atoms with Gasteiger partial charge < -0.3 is 14.6 Å². The SMILES string of the molecule is CCN1CC(C)N(CC=O)C(=O)CC1=O. The Hall–Kier alpha value is -1.39. The number of hydrogen-bond acceptors (Lipinski definition) is 3. The van der Waals surface area contributed by atoms with Crippen molar-refractivity contribution >= 4 is 18.1 Å². The summed E-state index contributed by atoms with van der Waals surface area (Å²) in [6, 6.07) is -0.0888. The van der Waals surface area contributed by atoms with Crippen LogP contribution in [0.1, 0.15) is 20.3 Å². The number of likely N-dealkylation sites (N-methyl/N-ethyl adjacent to an activating group) is 1. The molecule has 84 valence electrons. The van der Waals surface area contributed by atoms with Crippen LogP contribution in [0, 0.1) is 0 Å². The van der Waals surface area contributed by atoms with Crippen LogP contribution in [0.25, 0.3) is 0 Å². The van der Waals surface area contributed by atoms with E-state index in [0.717, 1.165) is 0 Å². The fraction of sp³-hybridized carbons (Fsp3) is 0.700. The van der Waals surface area contributed by atoms with Gasteiger partial charge in [-0.1, -0.05) is 0 Å². The lowest BCUT2D eigenvalue weighted by Gasteiger charge is -2.26.